The van der Waals surface area contributed by atoms with Crippen LogP contribution in [0.25, 0.3) is 0 Å². The first-order chi connectivity index (χ1) is 7.78. The quantitative estimate of drug-likeness (QED) is 0.763. The maximum atomic E-state index is 11.1. The fourth-order valence-corrected chi connectivity index (χ4v) is 2.51. The number of nitrogens with one attached hydrogen (secondary N) is 1. The lowest BCUT2D eigenvalue weighted by atomic mass is 10.3. The highest BCUT2D eigenvalue weighted by Crippen LogP contribution is 2.07. The molecule has 17 heavy (non-hydrogen) atoms. The summed E-state index contributed by atoms with van der Waals surface area (Å²) in [7, 11) is -3.01. The van der Waals surface area contributed by atoms with Crippen LogP contribution in [0.15, 0.2) is 18.2 Å². The Morgan fingerprint density at radius 2 is 2.24 bits per heavy atom. The van der Waals surface area contributed by atoms with E-state index in [4.69, 9.17) is 18.0 Å². The van der Waals surface area contributed by atoms with E-state index in [1.165, 1.54) is 6.26 Å². The maximum Gasteiger partial charge on any atom is 0.149 e. The standard InChI is InChI=1S/C10H15N3O2S2/c1-7(6-17(2,14)15)12-9-5-3-4-8(13-9)10(11)16/h3-5,7H,6H2,1-2H3,(H2,11,16)(H,12,13). The Hall–Kier alpha value is -1.21. The molecule has 0 bridgehead atoms. The van der Waals surface area contributed by atoms with Crippen molar-refractivity contribution in [2.75, 3.05) is 17.3 Å². The lowest BCUT2D eigenvalue weighted by Crippen LogP contribution is -2.25. The van der Waals surface area contributed by atoms with Crippen molar-refractivity contribution in [3.05, 3.63) is 23.9 Å². The summed E-state index contributed by atoms with van der Waals surface area (Å²) in [6.07, 6.45) is 1.20. The van der Waals surface area contributed by atoms with Crippen LogP contribution in [0, 0.1) is 0 Å². The molecule has 0 aliphatic rings. The second kappa shape index (κ2) is 5.42. The Morgan fingerprint density at radius 3 is 2.76 bits per heavy atom. The molecule has 0 aliphatic heterocycles. The first kappa shape index (κ1) is 13.9. The minimum atomic E-state index is -3.01. The summed E-state index contributed by atoms with van der Waals surface area (Å²) in [4.78, 5) is 4.38. The molecule has 1 atom stereocenters. The molecule has 0 fully saturated rings. The van der Waals surface area contributed by atoms with Crippen LogP contribution in [0.4, 0.5) is 5.82 Å². The number of hydrogen-bond acceptors (Lipinski definition) is 5. The highest BCUT2D eigenvalue weighted by molar-refractivity contribution is 7.90. The van der Waals surface area contributed by atoms with Gasteiger partial charge in [0.2, 0.25) is 0 Å². The molecule has 0 aliphatic carbocycles. The molecule has 0 aromatic carbocycles. The van der Waals surface area contributed by atoms with Gasteiger partial charge < -0.3 is 11.1 Å². The van der Waals surface area contributed by atoms with Gasteiger partial charge in [0.25, 0.3) is 0 Å². The highest BCUT2D eigenvalue weighted by Gasteiger charge is 2.11. The van der Waals surface area contributed by atoms with E-state index < -0.39 is 9.84 Å². The minimum absolute atomic E-state index is 0.0476. The van der Waals surface area contributed by atoms with Crippen LogP contribution < -0.4 is 11.1 Å². The molecule has 1 aromatic rings. The molecule has 5 nitrogen and oxygen atoms in total. The molecule has 0 spiro atoms. The number of nitrogens with zero attached hydrogens (tertiary/aromatic N) is 1. The number of thiocarbonyl (C=S) groups is 1. The van der Waals surface area contributed by atoms with Gasteiger partial charge in [0, 0.05) is 12.3 Å². The largest absolute Gasteiger partial charge is 0.388 e. The van der Waals surface area contributed by atoms with Gasteiger partial charge in [-0.3, -0.25) is 0 Å². The second-order valence-corrected chi connectivity index (χ2v) is 6.53. The Kier molecular flexibility index (Phi) is 4.41. The van der Waals surface area contributed by atoms with Crippen molar-refractivity contribution >= 4 is 32.9 Å². The second-order valence-electron chi connectivity index (χ2n) is 3.91. The fourth-order valence-electron chi connectivity index (χ4n) is 1.40. The van der Waals surface area contributed by atoms with Crippen LogP contribution in [0.2, 0.25) is 0 Å². The number of nitrogens with two attached hydrogens (primary N) is 1. The van der Waals surface area contributed by atoms with E-state index in [1.54, 1.807) is 25.1 Å². The first-order valence-electron chi connectivity index (χ1n) is 4.99. The molecule has 0 saturated heterocycles. The van der Waals surface area contributed by atoms with Crippen molar-refractivity contribution in [3.63, 3.8) is 0 Å². The van der Waals surface area contributed by atoms with Crippen molar-refractivity contribution in [1.82, 2.24) is 4.98 Å². The van der Waals surface area contributed by atoms with E-state index in [9.17, 15) is 8.42 Å². The lowest BCUT2D eigenvalue weighted by molar-refractivity contribution is 0.598. The van der Waals surface area contributed by atoms with Gasteiger partial charge in [-0.15, -0.1) is 0 Å². The van der Waals surface area contributed by atoms with Crippen LogP contribution in [0.5, 0.6) is 0 Å². The Labute approximate surface area is 106 Å². The molecule has 7 heteroatoms. The Bertz CT molecular complexity index is 514. The Morgan fingerprint density at radius 1 is 1.59 bits per heavy atom. The summed E-state index contributed by atoms with van der Waals surface area (Å²) in [6.45, 7) is 1.77. The minimum Gasteiger partial charge on any atom is -0.388 e. The van der Waals surface area contributed by atoms with Gasteiger partial charge in [-0.1, -0.05) is 18.3 Å². The zero-order valence-corrected chi connectivity index (χ0v) is 11.3. The van der Waals surface area contributed by atoms with Crippen molar-refractivity contribution in [2.45, 2.75) is 13.0 Å². The number of sulfone groups is 1. The van der Waals surface area contributed by atoms with Gasteiger partial charge >= 0.3 is 0 Å². The number of hydrogen-bond donors (Lipinski definition) is 2. The number of anilines is 1. The van der Waals surface area contributed by atoms with Crippen LogP contribution in [0.3, 0.4) is 0 Å². The average Bonchev–Trinajstić information content (AvgIpc) is 2.14. The molecular weight excluding hydrogens is 258 g/mol. The summed E-state index contributed by atoms with van der Waals surface area (Å²) in [5.41, 5.74) is 5.97. The maximum absolute atomic E-state index is 11.1. The zero-order valence-electron chi connectivity index (χ0n) is 9.67. The fraction of sp³-hybridized carbons (Fsp3) is 0.400. The Balaban J connectivity index is 2.75. The van der Waals surface area contributed by atoms with Gasteiger partial charge in [-0.2, -0.15) is 0 Å². The van der Waals surface area contributed by atoms with E-state index in [0.717, 1.165) is 0 Å². The third-order valence-corrected chi connectivity index (χ3v) is 3.26. The third-order valence-electron chi connectivity index (χ3n) is 1.95. The van der Waals surface area contributed by atoms with E-state index in [2.05, 4.69) is 10.3 Å². The first-order valence-corrected chi connectivity index (χ1v) is 7.46. The number of rotatable bonds is 5. The highest BCUT2D eigenvalue weighted by atomic mass is 32.2. The zero-order chi connectivity index (χ0) is 13.1. The molecule has 1 unspecified atom stereocenters. The molecular formula is C10H15N3O2S2. The van der Waals surface area contributed by atoms with Crippen molar-refractivity contribution < 1.29 is 8.42 Å². The van der Waals surface area contributed by atoms with Crippen LogP contribution >= 0.6 is 12.2 Å². The van der Waals surface area contributed by atoms with Crippen LogP contribution in [-0.2, 0) is 9.84 Å². The van der Waals surface area contributed by atoms with Gasteiger partial charge in [-0.25, -0.2) is 13.4 Å². The number of pyridine rings is 1. The normalized spacial score (nSPS) is 13.1. The lowest BCUT2D eigenvalue weighted by Gasteiger charge is -2.13. The molecule has 0 radical (unpaired) electrons. The molecule has 1 heterocycles. The molecule has 1 rings (SSSR count). The predicted octanol–water partition coefficient (Wildman–Crippen LogP) is 0.561. The van der Waals surface area contributed by atoms with E-state index >= 15 is 0 Å². The molecule has 0 saturated carbocycles. The predicted molar refractivity (Wildman–Crippen MR) is 72.9 cm³/mol. The summed E-state index contributed by atoms with van der Waals surface area (Å²) in [6, 6.07) is 4.98. The molecule has 1 aromatic heterocycles. The van der Waals surface area contributed by atoms with Crippen LogP contribution in [0.1, 0.15) is 12.6 Å². The van der Waals surface area contributed by atoms with Crippen LogP contribution in [-0.4, -0.2) is 36.4 Å². The molecule has 3 N–H and O–H groups in total. The smallest absolute Gasteiger partial charge is 0.149 e. The van der Waals surface area contributed by atoms with Gasteiger partial charge in [0.15, 0.2) is 0 Å². The van der Waals surface area contributed by atoms with E-state index in [-0.39, 0.29) is 16.8 Å². The monoisotopic (exact) mass is 273 g/mol. The summed E-state index contributed by atoms with van der Waals surface area (Å²) >= 11 is 4.81. The van der Waals surface area contributed by atoms with Gasteiger partial charge in [0.05, 0.1) is 11.4 Å². The SMILES string of the molecule is CC(CS(C)(=O)=O)Nc1cccc(C(N)=S)n1. The van der Waals surface area contributed by atoms with Crippen molar-refractivity contribution in [2.24, 2.45) is 5.73 Å². The van der Waals surface area contributed by atoms with Crippen molar-refractivity contribution in [1.29, 1.82) is 0 Å². The molecule has 0 amide bonds. The van der Waals surface area contributed by atoms with E-state index in [1.807, 2.05) is 0 Å². The van der Waals surface area contributed by atoms with Gasteiger partial charge in [-0.05, 0) is 19.1 Å². The molecule has 94 valence electrons. The van der Waals surface area contributed by atoms with Gasteiger partial charge in [0.1, 0.15) is 20.6 Å². The summed E-state index contributed by atoms with van der Waals surface area (Å²) in [5, 5.41) is 2.99. The van der Waals surface area contributed by atoms with Crippen molar-refractivity contribution in [3.8, 4) is 0 Å². The van der Waals surface area contributed by atoms with E-state index in [0.29, 0.717) is 11.5 Å². The average molecular weight is 273 g/mol. The third kappa shape index (κ3) is 5.10. The summed E-state index contributed by atoms with van der Waals surface area (Å²) < 4.78 is 22.2. The summed E-state index contributed by atoms with van der Waals surface area (Å²) in [5.74, 6) is 0.609. The topological polar surface area (TPSA) is 85.1 Å². The number of aromatic nitrogens is 1.